The number of aromatic hydroxyl groups is 2. The summed E-state index contributed by atoms with van der Waals surface area (Å²) in [5, 5.41) is 21.6. The number of phenols is 2. The summed E-state index contributed by atoms with van der Waals surface area (Å²) in [4.78, 5) is 11.8. The van der Waals surface area contributed by atoms with Crippen LogP contribution in [-0.2, 0) is 17.6 Å². The van der Waals surface area contributed by atoms with E-state index in [9.17, 15) is 15.0 Å². The highest BCUT2D eigenvalue weighted by molar-refractivity contribution is 5.87. The van der Waals surface area contributed by atoms with E-state index in [4.69, 9.17) is 4.74 Å². The van der Waals surface area contributed by atoms with E-state index in [0.29, 0.717) is 25.1 Å². The fraction of sp³-hybridized carbons (Fsp3) is 0.211. The largest absolute Gasteiger partial charge is 0.508 e. The molecule has 0 atom stereocenters. The molecule has 0 fully saturated rings. The minimum Gasteiger partial charge on any atom is -0.508 e. The monoisotopic (exact) mass is 327 g/mol. The van der Waals surface area contributed by atoms with Crippen LogP contribution >= 0.6 is 0 Å². The van der Waals surface area contributed by atoms with Gasteiger partial charge in [-0.2, -0.15) is 0 Å². The summed E-state index contributed by atoms with van der Waals surface area (Å²) in [6.07, 6.45) is 4.54. The molecule has 2 aromatic rings. The fourth-order valence-corrected chi connectivity index (χ4v) is 2.20. The Hall–Kier alpha value is -2.95. The Kier molecular flexibility index (Phi) is 6.25. The molecule has 0 saturated carbocycles. The Balaban J connectivity index is 1.75. The quantitative estimate of drug-likeness (QED) is 0.683. The van der Waals surface area contributed by atoms with Crippen LogP contribution in [0.2, 0.25) is 0 Å². The van der Waals surface area contributed by atoms with Gasteiger partial charge in [-0.3, -0.25) is 4.79 Å². The zero-order valence-electron chi connectivity index (χ0n) is 13.5. The van der Waals surface area contributed by atoms with E-state index in [1.165, 1.54) is 13.2 Å². The van der Waals surface area contributed by atoms with Crippen molar-refractivity contribution >= 4 is 5.91 Å². The maximum atomic E-state index is 11.8. The van der Waals surface area contributed by atoms with Crippen molar-refractivity contribution in [3.8, 4) is 17.2 Å². The van der Waals surface area contributed by atoms with Crippen molar-refractivity contribution in [3.63, 3.8) is 0 Å². The number of hydrogen-bond donors (Lipinski definition) is 3. The van der Waals surface area contributed by atoms with E-state index in [2.05, 4.69) is 5.32 Å². The molecule has 1 amide bonds. The Bertz CT molecular complexity index is 708. The van der Waals surface area contributed by atoms with Gasteiger partial charge in [-0.15, -0.1) is 0 Å². The summed E-state index contributed by atoms with van der Waals surface area (Å²) in [5.41, 5.74) is 1.99. The van der Waals surface area contributed by atoms with E-state index in [1.54, 1.807) is 36.4 Å². The molecular formula is C19H21NO4. The number of allylic oxidation sites excluding steroid dienone is 1. The van der Waals surface area contributed by atoms with E-state index in [1.807, 2.05) is 12.1 Å². The third-order valence-electron chi connectivity index (χ3n) is 3.52. The van der Waals surface area contributed by atoms with Crippen LogP contribution in [-0.4, -0.2) is 29.8 Å². The first-order valence-electron chi connectivity index (χ1n) is 7.66. The minimum atomic E-state index is -0.153. The van der Waals surface area contributed by atoms with Crippen LogP contribution in [0.25, 0.3) is 0 Å². The molecule has 5 nitrogen and oxygen atoms in total. The Morgan fingerprint density at radius 2 is 1.83 bits per heavy atom. The standard InChI is InChI=1S/C19H21NO4/c1-24-18-13-15(7-10-17(18)22)3-2-4-19(23)20-12-11-14-5-8-16(21)9-6-14/h2,4-10,13,21-22H,3,11-12H2,1H3,(H,20,23). The lowest BCUT2D eigenvalue weighted by atomic mass is 10.1. The Morgan fingerprint density at radius 1 is 1.12 bits per heavy atom. The molecule has 2 aromatic carbocycles. The molecule has 0 unspecified atom stereocenters. The molecular weight excluding hydrogens is 306 g/mol. The molecule has 0 aliphatic rings. The highest BCUT2D eigenvalue weighted by Crippen LogP contribution is 2.26. The lowest BCUT2D eigenvalue weighted by molar-refractivity contribution is -0.116. The average Bonchev–Trinajstić information content (AvgIpc) is 2.58. The van der Waals surface area contributed by atoms with Gasteiger partial charge in [-0.1, -0.05) is 24.3 Å². The van der Waals surface area contributed by atoms with Crippen LogP contribution in [0, 0.1) is 0 Å². The Morgan fingerprint density at radius 3 is 2.54 bits per heavy atom. The van der Waals surface area contributed by atoms with E-state index >= 15 is 0 Å². The van der Waals surface area contributed by atoms with Gasteiger partial charge in [-0.05, 0) is 54.3 Å². The van der Waals surface area contributed by atoms with Gasteiger partial charge in [0.1, 0.15) is 5.75 Å². The average molecular weight is 327 g/mol. The summed E-state index contributed by atoms with van der Waals surface area (Å²) < 4.78 is 5.05. The molecule has 0 spiro atoms. The summed E-state index contributed by atoms with van der Waals surface area (Å²) in [6.45, 7) is 0.529. The van der Waals surface area contributed by atoms with Crippen LogP contribution in [0.3, 0.4) is 0 Å². The summed E-state index contributed by atoms with van der Waals surface area (Å²) in [7, 11) is 1.50. The first-order valence-corrected chi connectivity index (χ1v) is 7.66. The van der Waals surface area contributed by atoms with Crippen LogP contribution in [0.1, 0.15) is 11.1 Å². The number of methoxy groups -OCH3 is 1. The molecule has 0 aliphatic carbocycles. The van der Waals surface area contributed by atoms with E-state index in [0.717, 1.165) is 11.1 Å². The second kappa shape index (κ2) is 8.62. The third-order valence-corrected chi connectivity index (χ3v) is 3.52. The molecule has 24 heavy (non-hydrogen) atoms. The number of carbonyl (C=O) groups is 1. The van der Waals surface area contributed by atoms with Gasteiger partial charge >= 0.3 is 0 Å². The maximum Gasteiger partial charge on any atom is 0.243 e. The molecule has 126 valence electrons. The minimum absolute atomic E-state index is 0.0946. The van der Waals surface area contributed by atoms with Gasteiger partial charge in [-0.25, -0.2) is 0 Å². The zero-order valence-corrected chi connectivity index (χ0v) is 13.5. The predicted molar refractivity (Wildman–Crippen MR) is 92.3 cm³/mol. The highest BCUT2D eigenvalue weighted by Gasteiger charge is 2.02. The Labute approximate surface area is 141 Å². The third kappa shape index (κ3) is 5.35. The van der Waals surface area contributed by atoms with E-state index in [-0.39, 0.29) is 17.4 Å². The van der Waals surface area contributed by atoms with Crippen molar-refractivity contribution in [3.05, 3.63) is 65.7 Å². The number of ether oxygens (including phenoxy) is 1. The number of benzene rings is 2. The molecule has 0 aliphatic heterocycles. The van der Waals surface area contributed by atoms with Gasteiger partial charge in [0, 0.05) is 6.54 Å². The SMILES string of the molecule is COc1cc(CC=CC(=O)NCCc2ccc(O)cc2)ccc1O. The van der Waals surface area contributed by atoms with Crippen molar-refractivity contribution in [2.45, 2.75) is 12.8 Å². The lowest BCUT2D eigenvalue weighted by Crippen LogP contribution is -2.23. The molecule has 2 rings (SSSR count). The van der Waals surface area contributed by atoms with Crippen molar-refractivity contribution < 1.29 is 19.7 Å². The molecule has 3 N–H and O–H groups in total. The maximum absolute atomic E-state index is 11.8. The molecule has 0 heterocycles. The zero-order chi connectivity index (χ0) is 17.4. The second-order valence-electron chi connectivity index (χ2n) is 5.32. The van der Waals surface area contributed by atoms with Crippen molar-refractivity contribution in [2.75, 3.05) is 13.7 Å². The smallest absolute Gasteiger partial charge is 0.243 e. The highest BCUT2D eigenvalue weighted by atomic mass is 16.5. The first kappa shape index (κ1) is 17.4. The molecule has 0 bridgehead atoms. The number of phenolic OH excluding ortho intramolecular Hbond substituents is 2. The predicted octanol–water partition coefficient (Wildman–Crippen LogP) is 2.56. The van der Waals surface area contributed by atoms with Crippen LogP contribution in [0.15, 0.2) is 54.6 Å². The molecule has 5 heteroatoms. The van der Waals surface area contributed by atoms with Gasteiger partial charge < -0.3 is 20.3 Å². The normalized spacial score (nSPS) is 10.7. The second-order valence-corrected chi connectivity index (χ2v) is 5.32. The number of rotatable bonds is 7. The molecule has 0 saturated heterocycles. The van der Waals surface area contributed by atoms with Gasteiger partial charge in [0.25, 0.3) is 0 Å². The van der Waals surface area contributed by atoms with Crippen molar-refractivity contribution in [1.29, 1.82) is 0 Å². The number of amides is 1. The summed E-state index contributed by atoms with van der Waals surface area (Å²) in [6, 6.07) is 12.0. The van der Waals surface area contributed by atoms with Crippen LogP contribution in [0.4, 0.5) is 0 Å². The van der Waals surface area contributed by atoms with Crippen LogP contribution in [0.5, 0.6) is 17.2 Å². The number of nitrogens with one attached hydrogen (secondary N) is 1. The lowest BCUT2D eigenvalue weighted by Gasteiger charge is -2.05. The van der Waals surface area contributed by atoms with Crippen LogP contribution < -0.4 is 10.1 Å². The van der Waals surface area contributed by atoms with Gasteiger partial charge in [0.05, 0.1) is 7.11 Å². The molecule has 0 aromatic heterocycles. The van der Waals surface area contributed by atoms with Gasteiger partial charge in [0.2, 0.25) is 5.91 Å². The topological polar surface area (TPSA) is 78.8 Å². The number of carbonyl (C=O) groups excluding carboxylic acids is 1. The number of hydrogen-bond acceptors (Lipinski definition) is 4. The van der Waals surface area contributed by atoms with E-state index < -0.39 is 0 Å². The summed E-state index contributed by atoms with van der Waals surface area (Å²) in [5.74, 6) is 0.590. The van der Waals surface area contributed by atoms with Crippen molar-refractivity contribution in [1.82, 2.24) is 5.32 Å². The van der Waals surface area contributed by atoms with Crippen molar-refractivity contribution in [2.24, 2.45) is 0 Å². The summed E-state index contributed by atoms with van der Waals surface area (Å²) >= 11 is 0. The van der Waals surface area contributed by atoms with Gasteiger partial charge in [0.15, 0.2) is 11.5 Å². The molecule has 0 radical (unpaired) electrons. The first-order chi connectivity index (χ1) is 11.6. The fourth-order valence-electron chi connectivity index (χ4n) is 2.20.